The van der Waals surface area contributed by atoms with Crippen molar-refractivity contribution in [2.45, 2.75) is 38.1 Å². The van der Waals surface area contributed by atoms with Crippen molar-refractivity contribution in [3.8, 4) is 0 Å². The lowest BCUT2D eigenvalue weighted by molar-refractivity contribution is -0.116. The Morgan fingerprint density at radius 2 is 2.00 bits per heavy atom. The van der Waals surface area contributed by atoms with Gasteiger partial charge >= 0.3 is 0 Å². The molecule has 5 nitrogen and oxygen atoms in total. The fraction of sp³-hybridized carbons (Fsp3) is 0.278. The second-order valence-corrected chi connectivity index (χ2v) is 9.34. The Balaban J connectivity index is 2.03. The molecule has 8 heteroatoms. The molecular weight excluding hydrogens is 440 g/mol. The van der Waals surface area contributed by atoms with E-state index < -0.39 is 10.0 Å². The van der Waals surface area contributed by atoms with E-state index in [0.29, 0.717) is 27.3 Å². The highest BCUT2D eigenvalue weighted by Crippen LogP contribution is 2.38. The molecule has 2 aromatic carbocycles. The standard InChI is InChI=1S/C18H18BrClN2O3S/c1-10-4-5-14(8-16(10)20)21-26(24,25)18-9-17-13(7-15(18)19)6-11(2)22(17)12(3)23/h4-5,7-9,11,21H,6H2,1-3H3/t11-/m1/s1. The van der Waals surface area contributed by atoms with Crippen LogP contribution < -0.4 is 9.62 Å². The Labute approximate surface area is 166 Å². The van der Waals surface area contributed by atoms with E-state index >= 15 is 0 Å². The summed E-state index contributed by atoms with van der Waals surface area (Å²) in [7, 11) is -3.86. The third kappa shape index (κ3) is 3.48. The lowest BCUT2D eigenvalue weighted by Crippen LogP contribution is -2.33. The van der Waals surface area contributed by atoms with Gasteiger partial charge in [0, 0.05) is 28.1 Å². The van der Waals surface area contributed by atoms with Gasteiger partial charge in [-0.15, -0.1) is 0 Å². The Hall–Kier alpha value is -1.57. The van der Waals surface area contributed by atoms with Crippen molar-refractivity contribution in [1.82, 2.24) is 0 Å². The van der Waals surface area contributed by atoms with Crippen LogP contribution in [-0.4, -0.2) is 20.4 Å². The van der Waals surface area contributed by atoms with Crippen LogP contribution in [0.4, 0.5) is 11.4 Å². The number of rotatable bonds is 3. The number of hydrogen-bond acceptors (Lipinski definition) is 3. The van der Waals surface area contributed by atoms with Crippen LogP contribution in [0.15, 0.2) is 39.7 Å². The highest BCUT2D eigenvalue weighted by Gasteiger charge is 2.32. The van der Waals surface area contributed by atoms with Gasteiger partial charge in [0.1, 0.15) is 4.90 Å². The van der Waals surface area contributed by atoms with Crippen LogP contribution in [0.2, 0.25) is 5.02 Å². The predicted octanol–water partition coefficient (Wildman–Crippen LogP) is 4.51. The van der Waals surface area contributed by atoms with E-state index in [1.807, 2.05) is 13.8 Å². The summed E-state index contributed by atoms with van der Waals surface area (Å²) in [5.41, 5.74) is 2.82. The second-order valence-electron chi connectivity index (χ2n) is 6.42. The number of anilines is 2. The summed E-state index contributed by atoms with van der Waals surface area (Å²) in [6.07, 6.45) is 0.689. The zero-order chi connectivity index (χ0) is 19.2. The summed E-state index contributed by atoms with van der Waals surface area (Å²) in [4.78, 5) is 13.7. The Kier molecular flexibility index (Phi) is 5.07. The van der Waals surface area contributed by atoms with Gasteiger partial charge in [0.05, 0.1) is 5.69 Å². The Morgan fingerprint density at radius 3 is 2.62 bits per heavy atom. The number of nitrogens with zero attached hydrogens (tertiary/aromatic N) is 1. The molecule has 26 heavy (non-hydrogen) atoms. The number of nitrogens with one attached hydrogen (secondary N) is 1. The Bertz CT molecular complexity index is 1010. The number of halogens is 2. The summed E-state index contributed by atoms with van der Waals surface area (Å²) in [5, 5.41) is 0.481. The molecule has 0 fully saturated rings. The van der Waals surface area contributed by atoms with Gasteiger partial charge in [-0.3, -0.25) is 9.52 Å². The summed E-state index contributed by atoms with van der Waals surface area (Å²) in [5.74, 6) is -0.111. The van der Waals surface area contributed by atoms with Crippen molar-refractivity contribution in [1.29, 1.82) is 0 Å². The molecule has 3 rings (SSSR count). The van der Waals surface area contributed by atoms with Gasteiger partial charge in [-0.1, -0.05) is 17.7 Å². The van der Waals surface area contributed by atoms with E-state index in [-0.39, 0.29) is 16.8 Å². The van der Waals surface area contributed by atoms with Crippen molar-refractivity contribution < 1.29 is 13.2 Å². The van der Waals surface area contributed by atoms with Crippen LogP contribution in [0.5, 0.6) is 0 Å². The average molecular weight is 458 g/mol. The quantitative estimate of drug-likeness (QED) is 0.737. The number of fused-ring (bicyclic) bond motifs is 1. The smallest absolute Gasteiger partial charge is 0.263 e. The van der Waals surface area contributed by atoms with Crippen molar-refractivity contribution in [3.05, 3.63) is 51.0 Å². The normalized spacial score (nSPS) is 16.5. The fourth-order valence-electron chi connectivity index (χ4n) is 3.17. The molecule has 2 aromatic rings. The number of benzene rings is 2. The third-order valence-corrected chi connectivity index (χ3v) is 7.15. The van der Waals surface area contributed by atoms with Gasteiger partial charge in [-0.25, -0.2) is 8.42 Å². The van der Waals surface area contributed by atoms with Gasteiger partial charge in [0.2, 0.25) is 5.91 Å². The molecule has 0 aromatic heterocycles. The SMILES string of the molecule is CC(=O)N1c2cc(S(=O)(=O)Nc3ccc(C)c(Cl)c3)c(Br)cc2C[C@H]1C. The molecular formula is C18H18BrClN2O3S. The van der Waals surface area contributed by atoms with Crippen molar-refractivity contribution in [2.24, 2.45) is 0 Å². The molecule has 0 aliphatic carbocycles. The molecule has 0 radical (unpaired) electrons. The van der Waals surface area contributed by atoms with Crippen LogP contribution in [0.25, 0.3) is 0 Å². The third-order valence-electron chi connectivity index (χ3n) is 4.40. The number of carbonyl (C=O) groups excluding carboxylic acids is 1. The van der Waals surface area contributed by atoms with E-state index in [1.54, 1.807) is 35.2 Å². The summed E-state index contributed by atoms with van der Waals surface area (Å²) in [6, 6.07) is 8.28. The number of amides is 1. The number of aryl methyl sites for hydroxylation is 1. The highest BCUT2D eigenvalue weighted by molar-refractivity contribution is 9.10. The minimum absolute atomic E-state index is 0.00350. The van der Waals surface area contributed by atoms with Gasteiger partial charge in [0.15, 0.2) is 0 Å². The maximum absolute atomic E-state index is 12.9. The lowest BCUT2D eigenvalue weighted by Gasteiger charge is -2.21. The first-order valence-electron chi connectivity index (χ1n) is 8.01. The molecule has 0 saturated heterocycles. The predicted molar refractivity (Wildman–Crippen MR) is 107 cm³/mol. The van der Waals surface area contributed by atoms with E-state index in [4.69, 9.17) is 11.6 Å². The van der Waals surface area contributed by atoms with Crippen LogP contribution in [0.1, 0.15) is 25.0 Å². The second kappa shape index (κ2) is 6.87. The largest absolute Gasteiger partial charge is 0.309 e. The molecule has 1 amide bonds. The lowest BCUT2D eigenvalue weighted by atomic mass is 10.1. The van der Waals surface area contributed by atoms with Gasteiger partial charge in [-0.05, 0) is 71.6 Å². The molecule has 138 valence electrons. The average Bonchev–Trinajstić information content (AvgIpc) is 2.84. The maximum Gasteiger partial charge on any atom is 0.263 e. The highest BCUT2D eigenvalue weighted by atomic mass is 79.9. The van der Waals surface area contributed by atoms with E-state index in [9.17, 15) is 13.2 Å². The first-order valence-corrected chi connectivity index (χ1v) is 10.7. The molecule has 1 aliphatic rings. The topological polar surface area (TPSA) is 66.5 Å². The van der Waals surface area contributed by atoms with E-state index in [0.717, 1.165) is 11.1 Å². The molecule has 1 N–H and O–H groups in total. The monoisotopic (exact) mass is 456 g/mol. The zero-order valence-corrected chi connectivity index (χ0v) is 17.7. The first-order chi connectivity index (χ1) is 12.1. The molecule has 0 spiro atoms. The van der Waals surface area contributed by atoms with Gasteiger partial charge in [-0.2, -0.15) is 0 Å². The van der Waals surface area contributed by atoms with Crippen molar-refractivity contribution in [2.75, 3.05) is 9.62 Å². The summed E-state index contributed by atoms with van der Waals surface area (Å²) in [6.45, 7) is 5.26. The summed E-state index contributed by atoms with van der Waals surface area (Å²) >= 11 is 9.43. The molecule has 0 unspecified atom stereocenters. The first kappa shape index (κ1) is 19.2. The summed E-state index contributed by atoms with van der Waals surface area (Å²) < 4.78 is 28.8. The zero-order valence-electron chi connectivity index (χ0n) is 14.5. The van der Waals surface area contributed by atoms with Gasteiger partial charge < -0.3 is 4.90 Å². The van der Waals surface area contributed by atoms with E-state index in [1.165, 1.54) is 6.92 Å². The molecule has 1 heterocycles. The van der Waals surface area contributed by atoms with E-state index in [2.05, 4.69) is 20.7 Å². The number of sulfonamides is 1. The molecule has 0 saturated carbocycles. The van der Waals surface area contributed by atoms with Crippen LogP contribution >= 0.6 is 27.5 Å². The fourth-order valence-corrected chi connectivity index (χ4v) is 5.51. The molecule has 1 aliphatic heterocycles. The van der Waals surface area contributed by atoms with Crippen molar-refractivity contribution >= 4 is 54.8 Å². The molecule has 1 atom stereocenters. The minimum atomic E-state index is -3.86. The number of carbonyl (C=O) groups is 1. The maximum atomic E-state index is 12.9. The van der Waals surface area contributed by atoms with Crippen LogP contribution in [0.3, 0.4) is 0 Å². The van der Waals surface area contributed by atoms with Crippen LogP contribution in [0, 0.1) is 6.92 Å². The minimum Gasteiger partial charge on any atom is -0.309 e. The van der Waals surface area contributed by atoms with Crippen molar-refractivity contribution in [3.63, 3.8) is 0 Å². The van der Waals surface area contributed by atoms with Crippen LogP contribution in [-0.2, 0) is 21.2 Å². The van der Waals surface area contributed by atoms with Gasteiger partial charge in [0.25, 0.3) is 10.0 Å². The number of hydrogen-bond donors (Lipinski definition) is 1. The molecule has 0 bridgehead atoms. The Morgan fingerprint density at radius 1 is 1.31 bits per heavy atom.